The molecule has 0 amide bonds. The average molecular weight is 351 g/mol. The Kier molecular flexibility index (Phi) is 8.84. The number of nitrogens with one attached hydrogen (secondary N) is 2. The standard InChI is InChI=1S/C18H30N4OS/c1-19-18(20-9-3-4-14-24-2)21-15-16-5-7-17(8-6-16)22-10-12-23-13-11-22/h5-8H,3-4,9-15H2,1-2H3,(H2,19,20,21). The van der Waals surface area contributed by atoms with Gasteiger partial charge in [-0.25, -0.2) is 0 Å². The van der Waals surface area contributed by atoms with Gasteiger partial charge in [0.25, 0.3) is 0 Å². The third-order valence-corrected chi connectivity index (χ3v) is 4.76. The van der Waals surface area contributed by atoms with Crippen molar-refractivity contribution < 1.29 is 4.74 Å². The molecule has 24 heavy (non-hydrogen) atoms. The molecule has 1 saturated heterocycles. The van der Waals surface area contributed by atoms with Crippen LogP contribution in [0.25, 0.3) is 0 Å². The molecule has 6 heteroatoms. The zero-order chi connectivity index (χ0) is 17.0. The van der Waals surface area contributed by atoms with Gasteiger partial charge in [-0.2, -0.15) is 11.8 Å². The lowest BCUT2D eigenvalue weighted by Crippen LogP contribution is -2.37. The summed E-state index contributed by atoms with van der Waals surface area (Å²) in [7, 11) is 1.82. The lowest BCUT2D eigenvalue weighted by atomic mass is 10.2. The minimum atomic E-state index is 0.786. The highest BCUT2D eigenvalue weighted by atomic mass is 32.2. The van der Waals surface area contributed by atoms with Crippen molar-refractivity contribution in [2.75, 3.05) is 56.8 Å². The van der Waals surface area contributed by atoms with Gasteiger partial charge in [0, 0.05) is 38.9 Å². The van der Waals surface area contributed by atoms with E-state index in [-0.39, 0.29) is 0 Å². The van der Waals surface area contributed by atoms with Gasteiger partial charge < -0.3 is 20.3 Å². The molecule has 134 valence electrons. The first-order valence-corrected chi connectivity index (χ1v) is 10.1. The van der Waals surface area contributed by atoms with Gasteiger partial charge in [-0.3, -0.25) is 4.99 Å². The summed E-state index contributed by atoms with van der Waals surface area (Å²) in [4.78, 5) is 6.65. The number of nitrogens with zero attached hydrogens (tertiary/aromatic N) is 2. The molecule has 0 spiro atoms. The third-order valence-electron chi connectivity index (χ3n) is 4.06. The van der Waals surface area contributed by atoms with Crippen LogP contribution in [0.15, 0.2) is 29.3 Å². The van der Waals surface area contributed by atoms with E-state index in [9.17, 15) is 0 Å². The van der Waals surface area contributed by atoms with E-state index in [0.717, 1.165) is 45.4 Å². The lowest BCUT2D eigenvalue weighted by molar-refractivity contribution is 0.122. The van der Waals surface area contributed by atoms with Crippen molar-refractivity contribution in [2.45, 2.75) is 19.4 Å². The molecule has 1 aliphatic rings. The Bertz CT molecular complexity index is 486. The average Bonchev–Trinajstić information content (AvgIpc) is 2.65. The van der Waals surface area contributed by atoms with E-state index in [1.807, 2.05) is 18.8 Å². The number of morpholine rings is 1. The van der Waals surface area contributed by atoms with Gasteiger partial charge >= 0.3 is 0 Å². The predicted octanol–water partition coefficient (Wildman–Crippen LogP) is 2.33. The topological polar surface area (TPSA) is 48.9 Å². The van der Waals surface area contributed by atoms with Crippen molar-refractivity contribution in [3.8, 4) is 0 Å². The molecule has 0 saturated carbocycles. The molecule has 0 aromatic heterocycles. The molecular formula is C18H30N4OS. The number of thioether (sulfide) groups is 1. The lowest BCUT2D eigenvalue weighted by Gasteiger charge is -2.28. The molecule has 0 radical (unpaired) electrons. The van der Waals surface area contributed by atoms with Gasteiger partial charge in [-0.05, 0) is 42.5 Å². The Morgan fingerprint density at radius 2 is 1.92 bits per heavy atom. The summed E-state index contributed by atoms with van der Waals surface area (Å²) in [5.74, 6) is 2.10. The van der Waals surface area contributed by atoms with Crippen LogP contribution in [0.3, 0.4) is 0 Å². The molecule has 1 aromatic carbocycles. The van der Waals surface area contributed by atoms with Crippen molar-refractivity contribution in [2.24, 2.45) is 4.99 Å². The number of anilines is 1. The fourth-order valence-corrected chi connectivity index (χ4v) is 3.12. The first-order valence-electron chi connectivity index (χ1n) is 8.68. The summed E-state index contributed by atoms with van der Waals surface area (Å²) < 4.78 is 5.40. The summed E-state index contributed by atoms with van der Waals surface area (Å²) in [6.07, 6.45) is 4.57. The van der Waals surface area contributed by atoms with E-state index in [2.05, 4.69) is 51.0 Å². The van der Waals surface area contributed by atoms with Crippen LogP contribution in [0.5, 0.6) is 0 Å². The minimum Gasteiger partial charge on any atom is -0.378 e. The van der Waals surface area contributed by atoms with E-state index in [1.165, 1.54) is 29.8 Å². The summed E-state index contributed by atoms with van der Waals surface area (Å²) in [6.45, 7) is 5.35. The van der Waals surface area contributed by atoms with Crippen LogP contribution in [0.4, 0.5) is 5.69 Å². The number of unbranched alkanes of at least 4 members (excludes halogenated alkanes) is 1. The van der Waals surface area contributed by atoms with Crippen LogP contribution in [-0.2, 0) is 11.3 Å². The van der Waals surface area contributed by atoms with E-state index in [4.69, 9.17) is 4.74 Å². The summed E-state index contributed by atoms with van der Waals surface area (Å²) in [6, 6.07) is 8.76. The maximum Gasteiger partial charge on any atom is 0.191 e. The van der Waals surface area contributed by atoms with Crippen molar-refractivity contribution in [3.05, 3.63) is 29.8 Å². The van der Waals surface area contributed by atoms with E-state index >= 15 is 0 Å². The summed E-state index contributed by atoms with van der Waals surface area (Å²) >= 11 is 1.90. The second-order valence-electron chi connectivity index (χ2n) is 5.82. The summed E-state index contributed by atoms with van der Waals surface area (Å²) in [5, 5.41) is 6.74. The number of ether oxygens (including phenoxy) is 1. The highest BCUT2D eigenvalue weighted by molar-refractivity contribution is 7.98. The Hall–Kier alpha value is -1.40. The van der Waals surface area contributed by atoms with Gasteiger partial charge in [0.1, 0.15) is 0 Å². The fraction of sp³-hybridized carbons (Fsp3) is 0.611. The molecular weight excluding hydrogens is 320 g/mol. The number of aliphatic imine (C=N–C) groups is 1. The van der Waals surface area contributed by atoms with E-state index in [1.54, 1.807) is 0 Å². The van der Waals surface area contributed by atoms with Crippen molar-refractivity contribution in [1.82, 2.24) is 10.6 Å². The Morgan fingerprint density at radius 3 is 2.58 bits per heavy atom. The zero-order valence-electron chi connectivity index (χ0n) is 14.9. The van der Waals surface area contributed by atoms with Crippen LogP contribution in [0.1, 0.15) is 18.4 Å². The highest BCUT2D eigenvalue weighted by Gasteiger charge is 2.10. The number of guanidine groups is 1. The molecule has 1 aliphatic heterocycles. The van der Waals surface area contributed by atoms with Gasteiger partial charge in [0.15, 0.2) is 5.96 Å². The Labute approximate surface area is 150 Å². The largest absolute Gasteiger partial charge is 0.378 e. The molecule has 1 heterocycles. The molecule has 2 N–H and O–H groups in total. The van der Waals surface area contributed by atoms with Crippen LogP contribution in [-0.4, -0.2) is 57.9 Å². The summed E-state index contributed by atoms with van der Waals surface area (Å²) in [5.41, 5.74) is 2.54. The number of hydrogen-bond donors (Lipinski definition) is 2. The monoisotopic (exact) mass is 350 g/mol. The first-order chi connectivity index (χ1) is 11.8. The van der Waals surface area contributed by atoms with Gasteiger partial charge in [0.05, 0.1) is 13.2 Å². The first kappa shape index (κ1) is 18.9. The van der Waals surface area contributed by atoms with Crippen LogP contribution in [0.2, 0.25) is 0 Å². The molecule has 0 bridgehead atoms. The van der Waals surface area contributed by atoms with Crippen LogP contribution < -0.4 is 15.5 Å². The second-order valence-corrected chi connectivity index (χ2v) is 6.80. The second kappa shape index (κ2) is 11.2. The maximum absolute atomic E-state index is 5.40. The quantitative estimate of drug-likeness (QED) is 0.428. The Balaban J connectivity index is 1.72. The highest BCUT2D eigenvalue weighted by Crippen LogP contribution is 2.16. The normalized spacial score (nSPS) is 15.4. The molecule has 5 nitrogen and oxygen atoms in total. The maximum atomic E-state index is 5.40. The Morgan fingerprint density at radius 1 is 1.17 bits per heavy atom. The molecule has 0 atom stereocenters. The van der Waals surface area contributed by atoms with Gasteiger partial charge in [-0.15, -0.1) is 0 Å². The molecule has 0 aliphatic carbocycles. The van der Waals surface area contributed by atoms with Crippen molar-refractivity contribution >= 4 is 23.4 Å². The predicted molar refractivity (Wildman–Crippen MR) is 105 cm³/mol. The fourth-order valence-electron chi connectivity index (χ4n) is 2.63. The number of rotatable bonds is 8. The smallest absolute Gasteiger partial charge is 0.191 e. The number of hydrogen-bond acceptors (Lipinski definition) is 4. The molecule has 1 aromatic rings. The van der Waals surface area contributed by atoms with E-state index < -0.39 is 0 Å². The molecule has 0 unspecified atom stereocenters. The van der Waals surface area contributed by atoms with Crippen molar-refractivity contribution in [1.29, 1.82) is 0 Å². The van der Waals surface area contributed by atoms with E-state index in [0.29, 0.717) is 0 Å². The van der Waals surface area contributed by atoms with Crippen LogP contribution >= 0.6 is 11.8 Å². The minimum absolute atomic E-state index is 0.786. The van der Waals surface area contributed by atoms with Crippen LogP contribution in [0, 0.1) is 0 Å². The number of benzene rings is 1. The SMILES string of the molecule is CN=C(NCCCCSC)NCc1ccc(N2CCOCC2)cc1. The van der Waals surface area contributed by atoms with Crippen molar-refractivity contribution in [3.63, 3.8) is 0 Å². The third kappa shape index (κ3) is 6.61. The molecule has 1 fully saturated rings. The van der Waals surface area contributed by atoms with Gasteiger partial charge in [0.2, 0.25) is 0 Å². The molecule has 2 rings (SSSR count). The van der Waals surface area contributed by atoms with Gasteiger partial charge in [-0.1, -0.05) is 12.1 Å². The zero-order valence-corrected chi connectivity index (χ0v) is 15.7.